The maximum atomic E-state index is 11.6. The lowest BCUT2D eigenvalue weighted by Gasteiger charge is -2.42. The molecule has 0 radical (unpaired) electrons. The zero-order chi connectivity index (χ0) is 22.8. The number of rotatable bonds is 6. The number of nitrogens with zero attached hydrogens (tertiary/aromatic N) is 1. The molecule has 1 unspecified atom stereocenters. The molecular weight excluding hydrogens is 406 g/mol. The van der Waals surface area contributed by atoms with Crippen LogP contribution in [0.2, 0.25) is 0 Å². The Morgan fingerprint density at radius 2 is 1.84 bits per heavy atom. The van der Waals surface area contributed by atoms with Crippen molar-refractivity contribution in [2.75, 3.05) is 11.4 Å². The summed E-state index contributed by atoms with van der Waals surface area (Å²) in [4.78, 5) is 14.7. The Morgan fingerprint density at radius 1 is 1.16 bits per heavy atom. The minimum Gasteiger partial charge on any atom is -0.480 e. The number of unbranched alkanes of at least 4 members (excludes halogenated alkanes) is 1. The van der Waals surface area contributed by atoms with Gasteiger partial charge in [-0.05, 0) is 75.8 Å². The quantitative estimate of drug-likeness (QED) is 0.302. The molecule has 166 valence electrons. The number of ether oxygens (including phenoxy) is 2. The van der Waals surface area contributed by atoms with E-state index in [-0.39, 0.29) is 5.97 Å². The highest BCUT2D eigenvalue weighted by Gasteiger charge is 2.40. The Labute approximate surface area is 191 Å². The van der Waals surface area contributed by atoms with Crippen molar-refractivity contribution in [3.8, 4) is 11.5 Å². The molecule has 1 aliphatic heterocycles. The maximum Gasteiger partial charge on any atom is 0.308 e. The van der Waals surface area contributed by atoms with E-state index in [4.69, 9.17) is 21.7 Å². The maximum absolute atomic E-state index is 11.6. The van der Waals surface area contributed by atoms with Crippen molar-refractivity contribution >= 4 is 28.9 Å². The van der Waals surface area contributed by atoms with Crippen LogP contribution in [0.4, 0.5) is 5.69 Å². The topological polar surface area (TPSA) is 38.8 Å². The minimum atomic E-state index is -0.585. The fraction of sp³-hybridized carbons (Fsp3) is 0.462. The molecule has 0 fully saturated rings. The third-order valence-electron chi connectivity index (χ3n) is 6.24. The van der Waals surface area contributed by atoms with Crippen LogP contribution in [0.3, 0.4) is 0 Å². The van der Waals surface area contributed by atoms with Crippen molar-refractivity contribution in [1.82, 2.24) is 0 Å². The number of hydrogen-bond acceptors (Lipinski definition) is 4. The fourth-order valence-electron chi connectivity index (χ4n) is 4.24. The van der Waals surface area contributed by atoms with Gasteiger partial charge in [0.05, 0.1) is 0 Å². The van der Waals surface area contributed by atoms with E-state index >= 15 is 0 Å². The summed E-state index contributed by atoms with van der Waals surface area (Å²) in [6.45, 7) is 12.6. The lowest BCUT2D eigenvalue weighted by molar-refractivity contribution is -0.132. The van der Waals surface area contributed by atoms with Gasteiger partial charge in [0.2, 0.25) is 0 Å². The molecule has 0 aromatic heterocycles. The van der Waals surface area contributed by atoms with Gasteiger partial charge < -0.3 is 14.4 Å². The number of hydrogen-bond donors (Lipinski definition) is 0. The number of anilines is 1. The molecule has 0 aliphatic carbocycles. The van der Waals surface area contributed by atoms with Crippen LogP contribution in [-0.4, -0.2) is 23.1 Å². The van der Waals surface area contributed by atoms with Crippen LogP contribution in [0.5, 0.6) is 11.5 Å². The lowest BCUT2D eigenvalue weighted by atomic mass is 9.86. The number of esters is 1. The minimum absolute atomic E-state index is 0.303. The van der Waals surface area contributed by atoms with Crippen molar-refractivity contribution < 1.29 is 14.3 Å². The molecule has 2 aromatic rings. The van der Waals surface area contributed by atoms with Crippen LogP contribution >= 0.6 is 12.2 Å². The summed E-state index contributed by atoms with van der Waals surface area (Å²) < 4.78 is 12.2. The second-order valence-electron chi connectivity index (χ2n) is 8.58. The van der Waals surface area contributed by atoms with Gasteiger partial charge in [-0.15, -0.1) is 0 Å². The number of thiocarbonyl (C=S) groups is 1. The summed E-state index contributed by atoms with van der Waals surface area (Å²) in [5.74, 6) is 1.24. The van der Waals surface area contributed by atoms with Gasteiger partial charge in [0.15, 0.2) is 5.60 Å². The van der Waals surface area contributed by atoms with E-state index < -0.39 is 5.60 Å². The van der Waals surface area contributed by atoms with Crippen LogP contribution in [0.1, 0.15) is 62.3 Å². The Balaban J connectivity index is 1.98. The molecule has 2 aromatic carbocycles. The highest BCUT2D eigenvalue weighted by molar-refractivity contribution is 7.80. The summed E-state index contributed by atoms with van der Waals surface area (Å²) in [7, 11) is 0. The Hall–Kier alpha value is -2.40. The second-order valence-corrected chi connectivity index (χ2v) is 8.97. The van der Waals surface area contributed by atoms with Crippen molar-refractivity contribution in [3.05, 3.63) is 52.6 Å². The zero-order valence-corrected chi connectivity index (χ0v) is 20.3. The third-order valence-corrected chi connectivity index (χ3v) is 6.89. The molecule has 0 saturated heterocycles. The Morgan fingerprint density at radius 3 is 2.45 bits per heavy atom. The third kappa shape index (κ3) is 4.62. The second kappa shape index (κ2) is 9.39. The van der Waals surface area contributed by atoms with Gasteiger partial charge in [-0.1, -0.05) is 43.8 Å². The fourth-order valence-corrected chi connectivity index (χ4v) is 4.58. The number of fused-ring (bicyclic) bond motifs is 1. The van der Waals surface area contributed by atoms with Gasteiger partial charge in [-0.3, -0.25) is 4.79 Å². The van der Waals surface area contributed by atoms with Gasteiger partial charge in [-0.2, -0.15) is 0 Å². The van der Waals surface area contributed by atoms with E-state index in [1.807, 2.05) is 39.0 Å². The molecule has 0 bridgehead atoms. The first-order valence-corrected chi connectivity index (χ1v) is 11.5. The van der Waals surface area contributed by atoms with Crippen LogP contribution < -0.4 is 14.4 Å². The number of para-hydroxylation sites is 1. The normalized spacial score (nSPS) is 17.5. The van der Waals surface area contributed by atoms with E-state index in [0.29, 0.717) is 5.75 Å². The standard InChI is InChI=1S/C26H33NO3S/c1-7-8-16-27(21-12-10-9-11-13-21)25(31)26(6)15-14-22-19(4)23(29-20(5)28)17(2)18(3)24(22)30-26/h9-13H,7-8,14-16H2,1-6H3. The SMILES string of the molecule is CCCCN(C(=S)C1(C)CCc2c(C)c(OC(C)=O)c(C)c(C)c2O1)c1ccccc1. The van der Waals surface area contributed by atoms with Crippen LogP contribution in [0.15, 0.2) is 30.3 Å². The van der Waals surface area contributed by atoms with Crippen molar-refractivity contribution in [2.24, 2.45) is 0 Å². The van der Waals surface area contributed by atoms with Crippen LogP contribution in [0, 0.1) is 20.8 Å². The molecule has 1 aliphatic rings. The van der Waals surface area contributed by atoms with Gasteiger partial charge in [-0.25, -0.2) is 0 Å². The van der Waals surface area contributed by atoms with Crippen molar-refractivity contribution in [3.63, 3.8) is 0 Å². The number of benzene rings is 2. The molecule has 0 saturated carbocycles. The highest BCUT2D eigenvalue weighted by Crippen LogP contribution is 2.44. The van der Waals surface area contributed by atoms with E-state index in [1.54, 1.807) is 0 Å². The monoisotopic (exact) mass is 439 g/mol. The molecule has 0 spiro atoms. The molecule has 1 atom stereocenters. The van der Waals surface area contributed by atoms with Gasteiger partial charge in [0.25, 0.3) is 0 Å². The largest absolute Gasteiger partial charge is 0.480 e. The van der Waals surface area contributed by atoms with E-state index in [9.17, 15) is 4.79 Å². The molecule has 1 heterocycles. The first-order chi connectivity index (χ1) is 14.7. The van der Waals surface area contributed by atoms with Crippen molar-refractivity contribution in [1.29, 1.82) is 0 Å². The first-order valence-electron chi connectivity index (χ1n) is 11.1. The van der Waals surface area contributed by atoms with Crippen LogP contribution in [-0.2, 0) is 11.2 Å². The molecule has 31 heavy (non-hydrogen) atoms. The molecule has 5 heteroatoms. The van der Waals surface area contributed by atoms with Gasteiger partial charge in [0.1, 0.15) is 16.5 Å². The average Bonchev–Trinajstić information content (AvgIpc) is 2.76. The average molecular weight is 440 g/mol. The summed E-state index contributed by atoms with van der Waals surface area (Å²) in [6.07, 6.45) is 3.76. The first kappa shape index (κ1) is 23.3. The predicted octanol–water partition coefficient (Wildman–Crippen LogP) is 6.25. The molecule has 0 amide bonds. The predicted molar refractivity (Wildman–Crippen MR) is 131 cm³/mol. The smallest absolute Gasteiger partial charge is 0.308 e. The molecule has 4 nitrogen and oxygen atoms in total. The van der Waals surface area contributed by atoms with Crippen LogP contribution in [0.25, 0.3) is 0 Å². The number of carbonyl (C=O) groups is 1. The Bertz CT molecular complexity index is 986. The summed E-state index contributed by atoms with van der Waals surface area (Å²) in [5, 5.41) is 0. The van der Waals surface area contributed by atoms with Gasteiger partial charge >= 0.3 is 5.97 Å². The molecule has 0 N–H and O–H groups in total. The van der Waals surface area contributed by atoms with E-state index in [2.05, 4.69) is 30.9 Å². The highest BCUT2D eigenvalue weighted by atomic mass is 32.1. The van der Waals surface area contributed by atoms with E-state index in [0.717, 1.165) is 70.9 Å². The molecule has 3 rings (SSSR count). The zero-order valence-electron chi connectivity index (χ0n) is 19.5. The summed E-state index contributed by atoms with van der Waals surface area (Å²) in [6, 6.07) is 10.3. The lowest BCUT2D eigenvalue weighted by Crippen LogP contribution is -2.52. The van der Waals surface area contributed by atoms with E-state index in [1.165, 1.54) is 6.92 Å². The Kier molecular flexibility index (Phi) is 7.05. The summed E-state index contributed by atoms with van der Waals surface area (Å²) in [5.41, 5.74) is 4.55. The summed E-state index contributed by atoms with van der Waals surface area (Å²) >= 11 is 6.06. The number of carbonyl (C=O) groups excluding carboxylic acids is 1. The molecular formula is C26H33NO3S. The van der Waals surface area contributed by atoms with Crippen molar-refractivity contribution in [2.45, 2.75) is 72.8 Å². The van der Waals surface area contributed by atoms with Gasteiger partial charge in [0, 0.05) is 24.7 Å².